The Morgan fingerprint density at radius 1 is 0.865 bits per heavy atom. The molecule has 5 heterocycles. The lowest BCUT2D eigenvalue weighted by molar-refractivity contribution is -0.154. The number of likely N-dealkylation sites (tertiary alicyclic amines) is 2. The molecule has 1 aromatic heterocycles. The number of ketones is 1. The van der Waals surface area contributed by atoms with E-state index in [9.17, 15) is 4.39 Å². The van der Waals surface area contributed by atoms with Crippen LogP contribution in [0.4, 0.5) is 13.2 Å². The SMILES string of the molecule is CCC12C(=O)C34C5C[C@H](Cc6ccc(Cl)cc6)N(C)C3[C@@H](COC)NC4[C@H](C)N(Cc3ccc(Cl)cc3Oc3ccc(-c4cnc(CN(C)C)n4C)cc3)C1C[C@@H](Cc1ccc(F)c(F)c1F)C2N(C)[C@@H](C)CN5. The van der Waals surface area contributed by atoms with Crippen LogP contribution in [0.2, 0.25) is 10.0 Å². The van der Waals surface area contributed by atoms with Crippen LogP contribution in [-0.2, 0) is 42.5 Å². The molecular weight excluding hydrogens is 985 g/mol. The van der Waals surface area contributed by atoms with Crippen LogP contribution >= 0.6 is 23.2 Å². The van der Waals surface area contributed by atoms with Crippen LogP contribution in [-0.4, -0.2) is 138 Å². The second kappa shape index (κ2) is 20.9. The molecule has 1 spiro atoms. The second-order valence-electron chi connectivity index (χ2n) is 22.3. The molecule has 4 aromatic carbocycles. The number of imidazole rings is 1. The highest BCUT2D eigenvalue weighted by atomic mass is 35.5. The lowest BCUT2D eigenvalue weighted by Gasteiger charge is -2.57. The van der Waals surface area contributed by atoms with Gasteiger partial charge in [0.05, 0.1) is 35.9 Å². The number of aromatic nitrogens is 2. The number of nitrogens with one attached hydrogen (secondary N) is 2. The molecule has 74 heavy (non-hydrogen) atoms. The molecule has 1 saturated carbocycles. The Morgan fingerprint density at radius 3 is 2.28 bits per heavy atom. The van der Waals surface area contributed by atoms with Crippen LogP contribution in [0.1, 0.15) is 62.5 Å². The second-order valence-corrected chi connectivity index (χ2v) is 23.2. The fourth-order valence-corrected chi connectivity index (χ4v) is 15.1. The van der Waals surface area contributed by atoms with Gasteiger partial charge in [-0.2, -0.15) is 0 Å². The molecule has 10 rings (SSSR count). The predicted molar refractivity (Wildman–Crippen MR) is 285 cm³/mol. The minimum atomic E-state index is -1.48. The van der Waals surface area contributed by atoms with Gasteiger partial charge in [0, 0.05) is 103 Å². The third kappa shape index (κ3) is 8.91. The van der Waals surface area contributed by atoms with Gasteiger partial charge in [0.1, 0.15) is 17.3 Å². The van der Waals surface area contributed by atoms with Gasteiger partial charge >= 0.3 is 0 Å². The molecule has 2 bridgehead atoms. The first-order chi connectivity index (χ1) is 35.4. The van der Waals surface area contributed by atoms with Crippen molar-refractivity contribution < 1.29 is 27.4 Å². The highest BCUT2D eigenvalue weighted by Gasteiger charge is 2.77. The number of carbonyl (C=O) groups excluding carboxylic acids is 1. The van der Waals surface area contributed by atoms with Gasteiger partial charge in [0.15, 0.2) is 23.2 Å². The fourth-order valence-electron chi connectivity index (χ4n) is 14.8. The third-order valence-electron chi connectivity index (χ3n) is 18.2. The number of carbonyl (C=O) groups is 1. The maximum atomic E-state index is 17.4. The van der Waals surface area contributed by atoms with Crippen molar-refractivity contribution in [3.63, 3.8) is 0 Å². The summed E-state index contributed by atoms with van der Waals surface area (Å²) in [6, 6.07) is 22.2. The quantitative estimate of drug-likeness (QED) is 0.105. The number of benzene rings is 4. The summed E-state index contributed by atoms with van der Waals surface area (Å²) in [5.74, 6) is -1.79. The van der Waals surface area contributed by atoms with Gasteiger partial charge in [-0.15, -0.1) is 0 Å². The number of rotatable bonds is 14. The molecule has 0 radical (unpaired) electrons. The van der Waals surface area contributed by atoms with Crippen molar-refractivity contribution in [2.24, 2.45) is 23.8 Å². The van der Waals surface area contributed by atoms with Gasteiger partial charge in [-0.25, -0.2) is 18.2 Å². The Morgan fingerprint density at radius 2 is 1.58 bits per heavy atom. The summed E-state index contributed by atoms with van der Waals surface area (Å²) in [4.78, 5) is 31.6. The topological polar surface area (TPSA) is 90.4 Å². The number of hydrogen-bond acceptors (Lipinski definition) is 10. The van der Waals surface area contributed by atoms with Crippen molar-refractivity contribution in [1.29, 1.82) is 0 Å². The van der Waals surface area contributed by atoms with Gasteiger partial charge < -0.3 is 29.6 Å². The van der Waals surface area contributed by atoms with Crippen molar-refractivity contribution in [3.05, 3.63) is 135 Å². The number of piperidine rings is 1. The third-order valence-corrected chi connectivity index (χ3v) is 18.7. The normalized spacial score (nSPS) is 31.3. The zero-order valence-corrected chi connectivity index (χ0v) is 45.5. The number of hydrogen-bond donors (Lipinski definition) is 2. The molecule has 4 saturated heterocycles. The van der Waals surface area contributed by atoms with Crippen LogP contribution < -0.4 is 15.4 Å². The van der Waals surface area contributed by atoms with Crippen LogP contribution in [0.3, 0.4) is 0 Å². The summed E-state index contributed by atoms with van der Waals surface area (Å²) in [6.07, 6.45) is 4.53. The van der Waals surface area contributed by atoms with E-state index in [-0.39, 0.29) is 72.0 Å². The standard InChI is InChI=1S/C58H71Cl2F3N8O3/c1-10-57-49-25-39(24-37-16-22-44(61)52(63)51(37)62)54(57)68(6)33(2)28-64-48-27-42(23-35-11-17-40(59)18-12-35)69(7)55-45(32-73-9)66-53(58(48,55)56(57)72)34(3)71(49)30-38-13-19-41(60)26-47(38)74-43-20-14-36(15-21-43)46-29-65-50(70(46)8)31-67(4)5/h11-22,26,29,33-34,39,42,45,48-49,53-55,64,66H,10,23-25,27-28,30-32H2,1-9H3/t33-,34-,39+,42-,45+,48?,49?,53?,54?,55?,57?,58?/m0/s1. The Kier molecular flexibility index (Phi) is 15.0. The minimum absolute atomic E-state index is 0.0498. The van der Waals surface area contributed by atoms with E-state index in [2.05, 4.69) is 86.8 Å². The zero-order valence-electron chi connectivity index (χ0n) is 44.0. The first-order valence-corrected chi connectivity index (χ1v) is 27.0. The first-order valence-electron chi connectivity index (χ1n) is 26.2. The molecule has 16 heteroatoms. The van der Waals surface area contributed by atoms with Crippen molar-refractivity contribution in [1.82, 2.24) is 39.8 Å². The number of halogens is 5. The smallest absolute Gasteiger partial charge is 0.194 e. The van der Waals surface area contributed by atoms with E-state index in [0.717, 1.165) is 41.7 Å². The molecule has 0 amide bonds. The number of nitrogens with zero attached hydrogens (tertiary/aromatic N) is 6. The van der Waals surface area contributed by atoms with Gasteiger partial charge in [-0.3, -0.25) is 19.5 Å². The van der Waals surface area contributed by atoms with E-state index in [0.29, 0.717) is 60.5 Å². The molecule has 11 nitrogen and oxygen atoms in total. The number of likely N-dealkylation sites (N-methyl/N-ethyl adjacent to an activating group) is 2. The summed E-state index contributed by atoms with van der Waals surface area (Å²) in [5, 5.41) is 9.44. The van der Waals surface area contributed by atoms with Crippen molar-refractivity contribution in [3.8, 4) is 22.8 Å². The highest BCUT2D eigenvalue weighted by Crippen LogP contribution is 2.63. The van der Waals surface area contributed by atoms with Crippen molar-refractivity contribution >= 4 is 29.0 Å². The van der Waals surface area contributed by atoms with Gasteiger partial charge in [0.25, 0.3) is 0 Å². The number of Topliss-reactive ketones (excluding diaryl/α,β-unsaturated/α-hetero) is 1. The summed E-state index contributed by atoms with van der Waals surface area (Å²) in [7, 11) is 12.1. The van der Waals surface area contributed by atoms with Gasteiger partial charge in [-0.05, 0) is 146 Å². The van der Waals surface area contributed by atoms with E-state index in [1.54, 1.807) is 7.11 Å². The first kappa shape index (κ1) is 53.1. The lowest BCUT2D eigenvalue weighted by Crippen LogP contribution is -2.73. The van der Waals surface area contributed by atoms with Crippen LogP contribution in [0.15, 0.2) is 85.1 Å². The molecule has 1 aliphatic carbocycles. The van der Waals surface area contributed by atoms with Crippen LogP contribution in [0.5, 0.6) is 11.5 Å². The molecule has 7 unspecified atom stereocenters. The molecule has 4 aliphatic heterocycles. The van der Waals surface area contributed by atoms with Crippen LogP contribution in [0.25, 0.3) is 11.3 Å². The van der Waals surface area contributed by atoms with E-state index in [4.69, 9.17) is 32.7 Å². The van der Waals surface area contributed by atoms with Crippen LogP contribution in [0, 0.1) is 34.2 Å². The van der Waals surface area contributed by atoms with Crippen molar-refractivity contribution in [2.45, 2.75) is 120 Å². The molecule has 5 aromatic rings. The van der Waals surface area contributed by atoms with Gasteiger partial charge in [-0.1, -0.05) is 54.4 Å². The largest absolute Gasteiger partial charge is 0.457 e. The zero-order chi connectivity index (χ0) is 52.5. The number of ether oxygens (including phenoxy) is 2. The molecular formula is C58H71Cl2F3N8O3. The Bertz CT molecular complexity index is 2860. The fraction of sp³-hybridized carbons (Fsp3) is 0.517. The van der Waals surface area contributed by atoms with E-state index >= 15 is 13.6 Å². The highest BCUT2D eigenvalue weighted by molar-refractivity contribution is 6.31. The van der Waals surface area contributed by atoms with E-state index in [1.165, 1.54) is 11.6 Å². The Labute approximate surface area is 444 Å². The minimum Gasteiger partial charge on any atom is -0.457 e. The van der Waals surface area contributed by atoms with E-state index in [1.807, 2.05) is 81.9 Å². The summed E-state index contributed by atoms with van der Waals surface area (Å²) >= 11 is 13.2. The Balaban J connectivity index is 1.10. The van der Waals surface area contributed by atoms with Gasteiger partial charge in [0.2, 0.25) is 0 Å². The summed E-state index contributed by atoms with van der Waals surface area (Å²) in [6.45, 7) is 8.72. The predicted octanol–water partition coefficient (Wildman–Crippen LogP) is 9.42. The maximum absolute atomic E-state index is 17.4. The molecule has 2 N–H and O–H groups in total. The number of methoxy groups -OCH3 is 1. The summed E-state index contributed by atoms with van der Waals surface area (Å²) < 4.78 is 60.7. The molecule has 5 aliphatic rings. The monoisotopic (exact) mass is 1050 g/mol. The van der Waals surface area contributed by atoms with E-state index < -0.39 is 34.3 Å². The molecule has 12 atom stereocenters. The Hall–Kier alpha value is -4.35. The summed E-state index contributed by atoms with van der Waals surface area (Å²) in [5.41, 5.74) is 2.19. The lowest BCUT2D eigenvalue weighted by atomic mass is 9.54. The molecule has 396 valence electrons. The average molecular weight is 1060 g/mol. The molecule has 5 fully saturated rings. The maximum Gasteiger partial charge on any atom is 0.194 e. The van der Waals surface area contributed by atoms with Crippen molar-refractivity contribution in [2.75, 3.05) is 48.5 Å². The average Bonchev–Trinajstić information content (AvgIpc) is 4.09.